The van der Waals surface area contributed by atoms with Gasteiger partial charge in [-0.2, -0.15) is 39.5 Å². The molecule has 0 aliphatic carbocycles. The van der Waals surface area contributed by atoms with Crippen molar-refractivity contribution in [1.82, 2.24) is 9.80 Å². The Morgan fingerprint density at radius 3 is 2.05 bits per heavy atom. The Kier molecular flexibility index (Phi) is 8.23. The van der Waals surface area contributed by atoms with E-state index in [1.165, 1.54) is 6.07 Å². The minimum atomic E-state index is -5.79. The van der Waals surface area contributed by atoms with Gasteiger partial charge in [-0.05, 0) is 48.9 Å². The normalized spacial score (nSPS) is 21.2. The second-order valence-electron chi connectivity index (χ2n) is 10.2. The van der Waals surface area contributed by atoms with E-state index in [1.807, 2.05) is 4.90 Å². The van der Waals surface area contributed by atoms with Gasteiger partial charge in [0.05, 0.1) is 18.8 Å². The molecule has 39 heavy (non-hydrogen) atoms. The summed E-state index contributed by atoms with van der Waals surface area (Å²) in [4.78, 5) is 16.5. The summed E-state index contributed by atoms with van der Waals surface area (Å²) in [5.74, 6) is 0. The van der Waals surface area contributed by atoms with Crippen LogP contribution in [0.3, 0.4) is 0 Å². The van der Waals surface area contributed by atoms with Crippen LogP contribution in [0, 0.1) is 5.41 Å². The molecule has 0 unspecified atom stereocenters. The number of carbonyl (C=O) groups excluding carboxylic acids is 1. The number of benzene rings is 1. The highest BCUT2D eigenvalue weighted by molar-refractivity contribution is 5.68. The van der Waals surface area contributed by atoms with Gasteiger partial charge in [-0.15, -0.1) is 0 Å². The molecule has 0 saturated carbocycles. The number of amides is 1. The lowest BCUT2D eigenvalue weighted by molar-refractivity contribution is -0.308. The zero-order valence-electron chi connectivity index (χ0n) is 20.8. The van der Waals surface area contributed by atoms with Crippen LogP contribution >= 0.6 is 0 Å². The average Bonchev–Trinajstić information content (AvgIpc) is 3.23. The Balaban J connectivity index is 1.35. The highest BCUT2D eigenvalue weighted by atomic mass is 19.4. The molecule has 3 fully saturated rings. The molecule has 3 heterocycles. The number of ether oxygens (including phenoxy) is 2. The summed E-state index contributed by atoms with van der Waals surface area (Å²) in [6, 6.07) is 4.27. The Morgan fingerprint density at radius 1 is 0.897 bits per heavy atom. The summed E-state index contributed by atoms with van der Waals surface area (Å²) in [6.07, 6.45) is -20.7. The third-order valence-electron chi connectivity index (χ3n) is 7.54. The zero-order valence-corrected chi connectivity index (χ0v) is 20.8. The average molecular weight is 577 g/mol. The SMILES string of the molecule is O=C(OC(C(F)(F)F)C(F)(F)F)N1CCC2(CCN(Cc3ccc(N4CCOCC4)c(C(F)(F)F)c3)C2)CC1. The molecule has 1 aromatic rings. The van der Waals surface area contributed by atoms with Gasteiger partial charge in [0.2, 0.25) is 0 Å². The summed E-state index contributed by atoms with van der Waals surface area (Å²) >= 11 is 0. The number of carbonyl (C=O) groups is 1. The monoisotopic (exact) mass is 577 g/mol. The van der Waals surface area contributed by atoms with E-state index in [-0.39, 0.29) is 30.7 Å². The van der Waals surface area contributed by atoms with Crippen LogP contribution < -0.4 is 4.90 Å². The topological polar surface area (TPSA) is 45.2 Å². The fourth-order valence-electron chi connectivity index (χ4n) is 5.48. The minimum Gasteiger partial charge on any atom is -0.426 e. The first-order valence-electron chi connectivity index (χ1n) is 12.4. The van der Waals surface area contributed by atoms with Crippen LogP contribution in [0.2, 0.25) is 0 Å². The molecular formula is C24H28F9N3O3. The Hall–Kier alpha value is -2.42. The molecule has 0 radical (unpaired) electrons. The van der Waals surface area contributed by atoms with Gasteiger partial charge in [0.15, 0.2) is 0 Å². The number of nitrogens with zero attached hydrogens (tertiary/aromatic N) is 3. The number of hydrogen-bond acceptors (Lipinski definition) is 5. The molecule has 0 bridgehead atoms. The molecular weight excluding hydrogens is 549 g/mol. The predicted octanol–water partition coefficient (Wildman–Crippen LogP) is 5.46. The minimum absolute atomic E-state index is 0.0818. The lowest BCUT2D eigenvalue weighted by atomic mass is 9.78. The Bertz CT molecular complexity index is 1000. The highest BCUT2D eigenvalue weighted by Gasteiger charge is 2.60. The number of halogens is 9. The summed E-state index contributed by atoms with van der Waals surface area (Å²) in [6.45, 7) is 2.52. The molecule has 1 amide bonds. The first-order valence-corrected chi connectivity index (χ1v) is 12.4. The lowest BCUT2D eigenvalue weighted by Crippen LogP contribution is -2.50. The first-order chi connectivity index (χ1) is 18.1. The van der Waals surface area contributed by atoms with E-state index in [0.717, 1.165) is 11.0 Å². The third kappa shape index (κ3) is 7.02. The molecule has 4 rings (SSSR count). The first kappa shape index (κ1) is 29.6. The number of morpholine rings is 1. The molecule has 0 atom stereocenters. The number of rotatable bonds is 4. The molecule has 3 aliphatic rings. The molecule has 0 N–H and O–H groups in total. The lowest BCUT2D eigenvalue weighted by Gasteiger charge is -2.39. The van der Waals surface area contributed by atoms with Crippen molar-refractivity contribution in [2.45, 2.75) is 50.4 Å². The van der Waals surface area contributed by atoms with Gasteiger partial charge < -0.3 is 19.3 Å². The number of hydrogen-bond donors (Lipinski definition) is 0. The van der Waals surface area contributed by atoms with Gasteiger partial charge in [0, 0.05) is 45.0 Å². The van der Waals surface area contributed by atoms with Crippen molar-refractivity contribution in [2.75, 3.05) is 57.4 Å². The largest absolute Gasteiger partial charge is 0.434 e. The van der Waals surface area contributed by atoms with E-state index in [1.54, 1.807) is 11.0 Å². The van der Waals surface area contributed by atoms with E-state index in [9.17, 15) is 44.3 Å². The summed E-state index contributed by atoms with van der Waals surface area (Å²) in [5.41, 5.74) is -0.489. The second-order valence-corrected chi connectivity index (χ2v) is 10.2. The Morgan fingerprint density at radius 2 is 1.49 bits per heavy atom. The third-order valence-corrected chi connectivity index (χ3v) is 7.54. The number of anilines is 1. The van der Waals surface area contributed by atoms with Crippen LogP contribution in [-0.2, 0) is 22.2 Å². The van der Waals surface area contributed by atoms with Crippen molar-refractivity contribution < 1.29 is 53.8 Å². The summed E-state index contributed by atoms with van der Waals surface area (Å²) < 4.78 is 127. The van der Waals surface area contributed by atoms with Crippen molar-refractivity contribution in [3.8, 4) is 0 Å². The van der Waals surface area contributed by atoms with Crippen LogP contribution in [0.5, 0.6) is 0 Å². The van der Waals surface area contributed by atoms with Gasteiger partial charge in [0.25, 0.3) is 6.10 Å². The Labute approximate surface area is 218 Å². The maximum absolute atomic E-state index is 13.9. The molecule has 15 heteroatoms. The summed E-state index contributed by atoms with van der Waals surface area (Å²) in [5, 5.41) is 0. The van der Waals surface area contributed by atoms with Gasteiger partial charge in [-0.3, -0.25) is 4.90 Å². The maximum Gasteiger partial charge on any atom is 0.434 e. The maximum atomic E-state index is 13.9. The van der Waals surface area contributed by atoms with E-state index in [0.29, 0.717) is 64.2 Å². The highest BCUT2D eigenvalue weighted by Crippen LogP contribution is 2.43. The fraction of sp³-hybridized carbons (Fsp3) is 0.708. The molecule has 1 aromatic carbocycles. The fourth-order valence-corrected chi connectivity index (χ4v) is 5.48. The molecule has 220 valence electrons. The molecule has 1 spiro atoms. The van der Waals surface area contributed by atoms with Crippen molar-refractivity contribution in [3.05, 3.63) is 29.3 Å². The van der Waals surface area contributed by atoms with Crippen molar-refractivity contribution in [1.29, 1.82) is 0 Å². The van der Waals surface area contributed by atoms with E-state index < -0.39 is 36.3 Å². The second kappa shape index (κ2) is 10.9. The van der Waals surface area contributed by atoms with E-state index in [4.69, 9.17) is 4.74 Å². The number of alkyl halides is 9. The molecule has 3 saturated heterocycles. The standard InChI is InChI=1S/C24H28F9N3O3/c25-22(26,27)17-13-16(1-2-18(17)35-9-11-38-12-10-35)14-34-6-3-21(15-34)4-7-36(8-5-21)20(37)39-19(23(28,29)30)24(31,32)33/h1-2,13,19H,3-12,14-15H2. The van der Waals surface area contributed by atoms with Gasteiger partial charge >= 0.3 is 24.6 Å². The van der Waals surface area contributed by atoms with Crippen LogP contribution in [0.4, 0.5) is 50.0 Å². The zero-order chi connectivity index (χ0) is 28.6. The number of piperidine rings is 1. The van der Waals surface area contributed by atoms with Crippen LogP contribution in [0.1, 0.15) is 30.4 Å². The number of likely N-dealkylation sites (tertiary alicyclic amines) is 2. The van der Waals surface area contributed by atoms with Crippen LogP contribution in [0.25, 0.3) is 0 Å². The molecule has 6 nitrogen and oxygen atoms in total. The van der Waals surface area contributed by atoms with E-state index in [2.05, 4.69) is 4.74 Å². The van der Waals surface area contributed by atoms with Crippen molar-refractivity contribution in [3.63, 3.8) is 0 Å². The van der Waals surface area contributed by atoms with E-state index >= 15 is 0 Å². The van der Waals surface area contributed by atoms with Gasteiger partial charge in [-0.1, -0.05) is 6.07 Å². The smallest absolute Gasteiger partial charge is 0.426 e. The van der Waals surface area contributed by atoms with Crippen LogP contribution in [-0.4, -0.2) is 86.8 Å². The predicted molar refractivity (Wildman–Crippen MR) is 120 cm³/mol. The molecule has 3 aliphatic heterocycles. The quantitative estimate of drug-likeness (QED) is 0.445. The molecule has 0 aromatic heterocycles. The summed E-state index contributed by atoms with van der Waals surface area (Å²) in [7, 11) is 0. The van der Waals surface area contributed by atoms with Gasteiger partial charge in [0.1, 0.15) is 0 Å². The van der Waals surface area contributed by atoms with Crippen molar-refractivity contribution in [2.24, 2.45) is 5.41 Å². The van der Waals surface area contributed by atoms with Gasteiger partial charge in [-0.25, -0.2) is 4.79 Å². The van der Waals surface area contributed by atoms with Crippen molar-refractivity contribution >= 4 is 11.8 Å². The van der Waals surface area contributed by atoms with Crippen LogP contribution in [0.15, 0.2) is 18.2 Å².